The lowest BCUT2D eigenvalue weighted by Gasteiger charge is -2.32. The number of aromatic nitrogens is 1. The molecule has 2 aliphatic rings. The van der Waals surface area contributed by atoms with Crippen molar-refractivity contribution in [2.45, 2.75) is 45.6 Å². The van der Waals surface area contributed by atoms with Crippen LogP contribution in [0.3, 0.4) is 0 Å². The summed E-state index contributed by atoms with van der Waals surface area (Å²) in [5.41, 5.74) is 3.03. The molecule has 1 aromatic carbocycles. The lowest BCUT2D eigenvalue weighted by Crippen LogP contribution is -2.39. The number of piperidine rings is 1. The van der Waals surface area contributed by atoms with Crippen LogP contribution in [0.1, 0.15) is 53.1 Å². The van der Waals surface area contributed by atoms with E-state index in [1.165, 1.54) is 11.1 Å². The van der Waals surface area contributed by atoms with Crippen molar-refractivity contribution >= 4 is 11.8 Å². The lowest BCUT2D eigenvalue weighted by atomic mass is 9.91. The number of carbonyl (C=O) groups excluding carboxylic acids is 2. The van der Waals surface area contributed by atoms with Crippen LogP contribution in [-0.2, 0) is 17.8 Å². The van der Waals surface area contributed by atoms with E-state index in [0.29, 0.717) is 23.8 Å². The van der Waals surface area contributed by atoms with E-state index in [4.69, 9.17) is 4.52 Å². The van der Waals surface area contributed by atoms with Crippen molar-refractivity contribution in [2.24, 2.45) is 5.92 Å². The molecule has 1 aromatic heterocycles. The Labute approximate surface area is 165 Å². The number of fused-ring (bicyclic) bond motifs is 1. The van der Waals surface area contributed by atoms with Crippen LogP contribution >= 0.6 is 0 Å². The van der Waals surface area contributed by atoms with Gasteiger partial charge in [-0.15, -0.1) is 0 Å². The Morgan fingerprint density at radius 2 is 1.86 bits per heavy atom. The summed E-state index contributed by atoms with van der Waals surface area (Å²) in [6.45, 7) is 4.79. The summed E-state index contributed by atoms with van der Waals surface area (Å²) < 4.78 is 5.00. The third-order valence-electron chi connectivity index (χ3n) is 6.00. The molecule has 1 saturated heterocycles. The van der Waals surface area contributed by atoms with Gasteiger partial charge in [-0.2, -0.15) is 0 Å². The number of rotatable bonds is 4. The third kappa shape index (κ3) is 4.11. The van der Waals surface area contributed by atoms with Gasteiger partial charge in [-0.05, 0) is 49.7 Å². The number of benzene rings is 1. The first-order chi connectivity index (χ1) is 13.6. The maximum absolute atomic E-state index is 12.7. The van der Waals surface area contributed by atoms with Gasteiger partial charge in [0.1, 0.15) is 5.76 Å². The van der Waals surface area contributed by atoms with Gasteiger partial charge in [-0.1, -0.05) is 29.4 Å². The summed E-state index contributed by atoms with van der Waals surface area (Å²) in [5.74, 6) is 1.35. The van der Waals surface area contributed by atoms with E-state index in [0.717, 1.165) is 51.9 Å². The summed E-state index contributed by atoms with van der Waals surface area (Å²) in [6, 6.07) is 10.1. The molecule has 28 heavy (non-hydrogen) atoms. The standard InChI is InChI=1S/C22H27N3O3/c1-16-14-20(23-28-16)22(27)24-11-8-17(9-12-24)6-7-21(26)25-13-10-18-4-2-3-5-19(18)15-25/h2-5,14,17H,6-13,15H2,1H3. The van der Waals surface area contributed by atoms with Crippen molar-refractivity contribution in [3.63, 3.8) is 0 Å². The van der Waals surface area contributed by atoms with Gasteiger partial charge in [0, 0.05) is 38.7 Å². The highest BCUT2D eigenvalue weighted by atomic mass is 16.5. The number of carbonyl (C=O) groups is 2. The van der Waals surface area contributed by atoms with Gasteiger partial charge in [0.2, 0.25) is 5.91 Å². The Kier molecular flexibility index (Phi) is 5.46. The zero-order valence-electron chi connectivity index (χ0n) is 16.4. The molecule has 6 heteroatoms. The molecule has 0 bridgehead atoms. The summed E-state index contributed by atoms with van der Waals surface area (Å²) in [4.78, 5) is 28.9. The van der Waals surface area contributed by atoms with Gasteiger partial charge in [0.15, 0.2) is 5.69 Å². The van der Waals surface area contributed by atoms with Crippen molar-refractivity contribution in [3.8, 4) is 0 Å². The van der Waals surface area contributed by atoms with Crippen molar-refractivity contribution in [1.29, 1.82) is 0 Å². The molecular weight excluding hydrogens is 354 g/mol. The van der Waals surface area contributed by atoms with Crippen LogP contribution < -0.4 is 0 Å². The molecule has 4 rings (SSSR count). The fraction of sp³-hybridized carbons (Fsp3) is 0.500. The first kappa shape index (κ1) is 18.7. The predicted molar refractivity (Wildman–Crippen MR) is 105 cm³/mol. The quantitative estimate of drug-likeness (QED) is 0.816. The summed E-state index contributed by atoms with van der Waals surface area (Å²) in [5, 5.41) is 3.82. The van der Waals surface area contributed by atoms with E-state index in [9.17, 15) is 9.59 Å². The second kappa shape index (κ2) is 8.17. The average Bonchev–Trinajstić information content (AvgIpc) is 3.17. The molecule has 6 nitrogen and oxygen atoms in total. The van der Waals surface area contributed by atoms with Crippen molar-refractivity contribution in [3.05, 3.63) is 52.9 Å². The Balaban J connectivity index is 1.22. The number of amides is 2. The highest BCUT2D eigenvalue weighted by Crippen LogP contribution is 2.25. The van der Waals surface area contributed by atoms with E-state index >= 15 is 0 Å². The third-order valence-corrected chi connectivity index (χ3v) is 6.00. The summed E-state index contributed by atoms with van der Waals surface area (Å²) in [7, 11) is 0. The molecule has 0 atom stereocenters. The first-order valence-corrected chi connectivity index (χ1v) is 10.2. The SMILES string of the molecule is Cc1cc(C(=O)N2CCC(CCC(=O)N3CCc4ccccc4C3)CC2)no1. The minimum Gasteiger partial charge on any atom is -0.361 e. The van der Waals surface area contributed by atoms with Gasteiger partial charge in [-0.3, -0.25) is 9.59 Å². The fourth-order valence-corrected chi connectivity index (χ4v) is 4.25. The van der Waals surface area contributed by atoms with Crippen LogP contribution in [0.2, 0.25) is 0 Å². The van der Waals surface area contributed by atoms with Crippen LogP contribution in [-0.4, -0.2) is 46.4 Å². The zero-order chi connectivity index (χ0) is 19.5. The molecule has 0 radical (unpaired) electrons. The second-order valence-electron chi connectivity index (χ2n) is 7.93. The average molecular weight is 381 g/mol. The fourth-order valence-electron chi connectivity index (χ4n) is 4.25. The highest BCUT2D eigenvalue weighted by Gasteiger charge is 2.27. The molecule has 0 N–H and O–H groups in total. The Morgan fingerprint density at radius 3 is 2.57 bits per heavy atom. The second-order valence-corrected chi connectivity index (χ2v) is 7.93. The van der Waals surface area contributed by atoms with Crippen LogP contribution in [0.5, 0.6) is 0 Å². The Bertz CT molecular complexity index is 852. The summed E-state index contributed by atoms with van der Waals surface area (Å²) in [6.07, 6.45) is 4.34. The number of hydrogen-bond donors (Lipinski definition) is 0. The molecule has 0 spiro atoms. The summed E-state index contributed by atoms with van der Waals surface area (Å²) >= 11 is 0. The molecule has 148 valence electrons. The zero-order valence-corrected chi connectivity index (χ0v) is 16.4. The number of nitrogens with zero attached hydrogens (tertiary/aromatic N) is 3. The Morgan fingerprint density at radius 1 is 1.11 bits per heavy atom. The number of aryl methyl sites for hydroxylation is 1. The maximum Gasteiger partial charge on any atom is 0.276 e. The number of hydrogen-bond acceptors (Lipinski definition) is 4. The van der Waals surface area contributed by atoms with Gasteiger partial charge < -0.3 is 14.3 Å². The molecule has 0 saturated carbocycles. The minimum atomic E-state index is -0.0571. The van der Waals surface area contributed by atoms with E-state index in [2.05, 4.69) is 23.4 Å². The van der Waals surface area contributed by atoms with Crippen LogP contribution in [0.15, 0.2) is 34.9 Å². The lowest BCUT2D eigenvalue weighted by molar-refractivity contribution is -0.132. The van der Waals surface area contributed by atoms with Gasteiger partial charge in [0.05, 0.1) is 0 Å². The predicted octanol–water partition coefficient (Wildman–Crippen LogP) is 3.20. The molecule has 1 fully saturated rings. The van der Waals surface area contributed by atoms with Crippen molar-refractivity contribution in [1.82, 2.24) is 15.0 Å². The smallest absolute Gasteiger partial charge is 0.276 e. The van der Waals surface area contributed by atoms with E-state index < -0.39 is 0 Å². The van der Waals surface area contributed by atoms with Crippen molar-refractivity contribution in [2.75, 3.05) is 19.6 Å². The van der Waals surface area contributed by atoms with Crippen LogP contribution in [0.25, 0.3) is 0 Å². The monoisotopic (exact) mass is 381 g/mol. The van der Waals surface area contributed by atoms with Gasteiger partial charge in [0.25, 0.3) is 5.91 Å². The molecule has 3 heterocycles. The van der Waals surface area contributed by atoms with E-state index in [1.807, 2.05) is 15.9 Å². The first-order valence-electron chi connectivity index (χ1n) is 10.2. The Hall–Kier alpha value is -2.63. The number of likely N-dealkylation sites (tertiary alicyclic amines) is 1. The largest absolute Gasteiger partial charge is 0.361 e. The highest BCUT2D eigenvalue weighted by molar-refractivity contribution is 5.92. The molecule has 2 aromatic rings. The normalized spacial score (nSPS) is 17.5. The minimum absolute atomic E-state index is 0.0571. The molecule has 0 aliphatic carbocycles. The molecular formula is C22H27N3O3. The van der Waals surface area contributed by atoms with Crippen LogP contribution in [0, 0.1) is 12.8 Å². The van der Waals surface area contributed by atoms with Gasteiger partial charge in [-0.25, -0.2) is 0 Å². The van der Waals surface area contributed by atoms with E-state index in [1.54, 1.807) is 13.0 Å². The topological polar surface area (TPSA) is 66.7 Å². The molecule has 0 unspecified atom stereocenters. The molecule has 2 amide bonds. The van der Waals surface area contributed by atoms with Crippen molar-refractivity contribution < 1.29 is 14.1 Å². The molecule has 2 aliphatic heterocycles. The van der Waals surface area contributed by atoms with Crippen LogP contribution in [0.4, 0.5) is 0 Å². The maximum atomic E-state index is 12.7. The van der Waals surface area contributed by atoms with Gasteiger partial charge >= 0.3 is 0 Å². The van der Waals surface area contributed by atoms with E-state index in [-0.39, 0.29) is 11.8 Å².